The van der Waals surface area contributed by atoms with Crippen molar-refractivity contribution in [2.24, 2.45) is 7.05 Å². The van der Waals surface area contributed by atoms with E-state index in [4.69, 9.17) is 9.47 Å². The molecule has 0 aliphatic carbocycles. The number of phenols is 1. The molecule has 5 atom stereocenters. The summed E-state index contributed by atoms with van der Waals surface area (Å²) in [5, 5.41) is 58.6. The van der Waals surface area contributed by atoms with Crippen LogP contribution >= 0.6 is 0 Å². The lowest BCUT2D eigenvalue weighted by Crippen LogP contribution is -2.60. The lowest BCUT2D eigenvalue weighted by atomic mass is 9.97. The van der Waals surface area contributed by atoms with Gasteiger partial charge in [0.15, 0.2) is 5.82 Å². The SMILES string of the molecule is CC(C)c1cc(-c2n[nH]c(=O)n2-c2ccc3c(ccn3C)c2)c(O)cc1O[C@@H]1O[C@H](CO)[C@H](O)[C@H](O)[C@H]1O. The van der Waals surface area contributed by atoms with Crippen molar-refractivity contribution in [3.63, 3.8) is 0 Å². The van der Waals surface area contributed by atoms with Gasteiger partial charge in [0.05, 0.1) is 17.9 Å². The Morgan fingerprint density at radius 3 is 2.58 bits per heavy atom. The molecule has 0 amide bonds. The molecule has 3 heterocycles. The molecule has 1 aliphatic rings. The Labute approximate surface area is 216 Å². The van der Waals surface area contributed by atoms with Crippen LogP contribution in [0, 0.1) is 0 Å². The number of fused-ring (bicyclic) bond motifs is 1. The molecule has 202 valence electrons. The summed E-state index contributed by atoms with van der Waals surface area (Å²) in [6.07, 6.45) is -5.39. The number of nitrogens with one attached hydrogen (secondary N) is 1. The number of phenolic OH excluding ortho intramolecular Hbond substituents is 1. The Morgan fingerprint density at radius 1 is 1.11 bits per heavy atom. The summed E-state index contributed by atoms with van der Waals surface area (Å²) in [6.45, 7) is 3.17. The second kappa shape index (κ2) is 9.89. The summed E-state index contributed by atoms with van der Waals surface area (Å²) in [6, 6.07) is 10.4. The summed E-state index contributed by atoms with van der Waals surface area (Å²) in [7, 11) is 1.93. The van der Waals surface area contributed by atoms with E-state index in [0.717, 1.165) is 10.9 Å². The van der Waals surface area contributed by atoms with Crippen molar-refractivity contribution in [1.29, 1.82) is 0 Å². The highest BCUT2D eigenvalue weighted by atomic mass is 16.7. The predicted molar refractivity (Wildman–Crippen MR) is 136 cm³/mol. The van der Waals surface area contributed by atoms with E-state index in [1.807, 2.05) is 49.9 Å². The van der Waals surface area contributed by atoms with Gasteiger partial charge in [0.25, 0.3) is 0 Å². The number of hydrogen-bond donors (Lipinski definition) is 6. The zero-order chi connectivity index (χ0) is 27.3. The molecule has 4 aromatic rings. The first-order valence-corrected chi connectivity index (χ1v) is 12.2. The van der Waals surface area contributed by atoms with Crippen LogP contribution in [-0.2, 0) is 11.8 Å². The maximum absolute atomic E-state index is 12.8. The topological polar surface area (TPSA) is 175 Å². The summed E-state index contributed by atoms with van der Waals surface area (Å²) in [5.74, 6) is -0.0613. The number of aromatic nitrogens is 4. The average Bonchev–Trinajstić information content (AvgIpc) is 3.46. The molecule has 6 N–H and O–H groups in total. The fraction of sp³-hybridized carbons (Fsp3) is 0.385. The van der Waals surface area contributed by atoms with Crippen LogP contribution in [0.1, 0.15) is 25.3 Å². The van der Waals surface area contributed by atoms with Crippen LogP contribution in [0.2, 0.25) is 0 Å². The molecule has 1 aliphatic heterocycles. The first-order valence-electron chi connectivity index (χ1n) is 12.2. The minimum Gasteiger partial charge on any atom is -0.507 e. The second-order valence-corrected chi connectivity index (χ2v) is 9.73. The largest absolute Gasteiger partial charge is 0.507 e. The molecule has 2 aromatic heterocycles. The molecule has 1 saturated heterocycles. The van der Waals surface area contributed by atoms with E-state index < -0.39 is 43.0 Å². The monoisotopic (exact) mass is 526 g/mol. The standard InChI is InChI=1S/C26H30N4O8/c1-12(2)15-9-16(18(32)10-19(15)37-25-23(35)22(34)21(33)20(11-31)38-25)24-27-28-26(36)30(24)14-4-5-17-13(8-14)6-7-29(17)3/h4-10,12,20-23,25,31-35H,11H2,1-3H3,(H,28,36)/t20-,21+,22+,23-,25-/m1/s1. The number of benzene rings is 2. The lowest BCUT2D eigenvalue weighted by molar-refractivity contribution is -0.277. The fourth-order valence-corrected chi connectivity index (χ4v) is 4.73. The first kappa shape index (κ1) is 25.9. The van der Waals surface area contributed by atoms with Gasteiger partial charge in [-0.1, -0.05) is 13.8 Å². The van der Waals surface area contributed by atoms with Gasteiger partial charge in [-0.3, -0.25) is 0 Å². The number of aryl methyl sites for hydroxylation is 1. The third kappa shape index (κ3) is 4.36. The Bertz CT molecular complexity index is 1520. The van der Waals surface area contributed by atoms with Gasteiger partial charge in [0.2, 0.25) is 6.29 Å². The zero-order valence-corrected chi connectivity index (χ0v) is 21.0. The predicted octanol–water partition coefficient (Wildman–Crippen LogP) is 0.727. The van der Waals surface area contributed by atoms with Crippen LogP contribution in [-0.4, -0.2) is 82.2 Å². The number of hydrogen-bond acceptors (Lipinski definition) is 9. The lowest BCUT2D eigenvalue weighted by Gasteiger charge is -2.39. The van der Waals surface area contributed by atoms with Crippen molar-refractivity contribution in [1.82, 2.24) is 19.3 Å². The molecule has 12 heteroatoms. The van der Waals surface area contributed by atoms with Crippen LogP contribution in [0.25, 0.3) is 28.0 Å². The van der Waals surface area contributed by atoms with Crippen LogP contribution < -0.4 is 10.4 Å². The number of aliphatic hydroxyl groups excluding tert-OH is 4. The molecular formula is C26H30N4O8. The van der Waals surface area contributed by atoms with E-state index in [2.05, 4.69) is 10.2 Å². The zero-order valence-electron chi connectivity index (χ0n) is 21.0. The van der Waals surface area contributed by atoms with Crippen LogP contribution in [0.15, 0.2) is 47.4 Å². The Hall–Kier alpha value is -3.68. The van der Waals surface area contributed by atoms with E-state index in [1.54, 1.807) is 12.1 Å². The number of H-pyrrole nitrogens is 1. The van der Waals surface area contributed by atoms with E-state index in [0.29, 0.717) is 11.3 Å². The molecule has 12 nitrogen and oxygen atoms in total. The van der Waals surface area contributed by atoms with Gasteiger partial charge in [0, 0.05) is 30.2 Å². The summed E-state index contributed by atoms with van der Waals surface area (Å²) in [4.78, 5) is 12.8. The summed E-state index contributed by atoms with van der Waals surface area (Å²) < 4.78 is 14.6. The summed E-state index contributed by atoms with van der Waals surface area (Å²) >= 11 is 0. The molecule has 0 spiro atoms. The number of ether oxygens (including phenoxy) is 2. The highest BCUT2D eigenvalue weighted by molar-refractivity contribution is 5.82. The van der Waals surface area contributed by atoms with Crippen molar-refractivity contribution < 1.29 is 35.0 Å². The highest BCUT2D eigenvalue weighted by Gasteiger charge is 2.45. The Balaban J connectivity index is 1.55. The first-order chi connectivity index (χ1) is 18.1. The molecule has 0 unspecified atom stereocenters. The number of aromatic hydroxyl groups is 1. The third-order valence-electron chi connectivity index (χ3n) is 6.88. The van der Waals surface area contributed by atoms with Crippen molar-refractivity contribution in [2.45, 2.75) is 50.5 Å². The number of nitrogens with zero attached hydrogens (tertiary/aromatic N) is 3. The normalized spacial score (nSPS) is 23.8. The molecule has 2 aromatic carbocycles. The summed E-state index contributed by atoms with van der Waals surface area (Å²) in [5.41, 5.74) is 1.93. The number of aliphatic hydroxyl groups is 4. The average molecular weight is 527 g/mol. The van der Waals surface area contributed by atoms with Gasteiger partial charge in [0.1, 0.15) is 35.9 Å². The minimum absolute atomic E-state index is 0.144. The van der Waals surface area contributed by atoms with Crippen LogP contribution in [0.4, 0.5) is 0 Å². The minimum atomic E-state index is -1.61. The van der Waals surface area contributed by atoms with Gasteiger partial charge in [-0.15, -0.1) is 0 Å². The molecule has 0 saturated carbocycles. The molecule has 5 rings (SSSR count). The maximum Gasteiger partial charge on any atom is 0.348 e. The van der Waals surface area contributed by atoms with Gasteiger partial charge in [-0.25, -0.2) is 14.5 Å². The van der Waals surface area contributed by atoms with Crippen molar-refractivity contribution in [3.05, 3.63) is 58.6 Å². The van der Waals surface area contributed by atoms with Crippen molar-refractivity contribution in [3.8, 4) is 28.6 Å². The number of rotatable bonds is 6. The van der Waals surface area contributed by atoms with Crippen molar-refractivity contribution in [2.75, 3.05) is 6.61 Å². The van der Waals surface area contributed by atoms with E-state index in [9.17, 15) is 30.3 Å². The highest BCUT2D eigenvalue weighted by Crippen LogP contribution is 2.39. The Kier molecular flexibility index (Phi) is 6.75. The molecule has 0 bridgehead atoms. The van der Waals surface area contributed by atoms with Gasteiger partial charge in [-0.2, -0.15) is 5.10 Å². The molecule has 38 heavy (non-hydrogen) atoms. The molecular weight excluding hydrogens is 496 g/mol. The van der Waals surface area contributed by atoms with Crippen LogP contribution in [0.5, 0.6) is 11.5 Å². The quantitative estimate of drug-likeness (QED) is 0.211. The van der Waals surface area contributed by atoms with E-state index in [1.165, 1.54) is 10.6 Å². The van der Waals surface area contributed by atoms with Gasteiger partial charge >= 0.3 is 5.69 Å². The van der Waals surface area contributed by atoms with E-state index in [-0.39, 0.29) is 28.8 Å². The van der Waals surface area contributed by atoms with Crippen molar-refractivity contribution >= 4 is 10.9 Å². The fourth-order valence-electron chi connectivity index (χ4n) is 4.73. The van der Waals surface area contributed by atoms with E-state index >= 15 is 0 Å². The second-order valence-electron chi connectivity index (χ2n) is 9.73. The smallest absolute Gasteiger partial charge is 0.348 e. The van der Waals surface area contributed by atoms with Gasteiger partial charge in [-0.05, 0) is 41.8 Å². The van der Waals surface area contributed by atoms with Crippen LogP contribution in [0.3, 0.4) is 0 Å². The Morgan fingerprint density at radius 2 is 1.87 bits per heavy atom. The number of aromatic amines is 1. The van der Waals surface area contributed by atoms with Gasteiger partial charge < -0.3 is 39.6 Å². The maximum atomic E-state index is 12.8. The molecule has 1 fully saturated rings. The molecule has 0 radical (unpaired) electrons. The third-order valence-corrected chi connectivity index (χ3v) is 6.88.